The average Bonchev–Trinajstić information content (AvgIpc) is 2.92. The Balaban J connectivity index is 1.95. The van der Waals surface area contributed by atoms with Gasteiger partial charge in [0.05, 0.1) is 11.1 Å². The van der Waals surface area contributed by atoms with Gasteiger partial charge in [-0.3, -0.25) is 0 Å². The summed E-state index contributed by atoms with van der Waals surface area (Å²) in [5.41, 5.74) is 4.21. The molecular weight excluding hydrogens is 350 g/mol. The van der Waals surface area contributed by atoms with Crippen LogP contribution in [0.2, 0.25) is 30.8 Å². The number of hydrogen-bond donors (Lipinski definition) is 0. The number of ether oxygens (including phenoxy) is 1. The molecule has 0 aliphatic heterocycles. The molecule has 0 atom stereocenters. The Hall–Kier alpha value is -1.69. The van der Waals surface area contributed by atoms with Crippen LogP contribution in [0.3, 0.4) is 0 Å². The fourth-order valence-corrected chi connectivity index (χ4v) is 3.60. The number of rotatable bonds is 6. The first-order valence-corrected chi connectivity index (χ1v) is 12.6. The predicted octanol–water partition coefficient (Wildman–Crippen LogP) is 5.37. The fraction of sp³-hybridized carbons (Fsp3) is 0.368. The van der Waals surface area contributed by atoms with E-state index in [2.05, 4.69) is 65.4 Å². The van der Waals surface area contributed by atoms with Gasteiger partial charge in [0.15, 0.2) is 0 Å². The van der Waals surface area contributed by atoms with Gasteiger partial charge < -0.3 is 9.30 Å². The van der Waals surface area contributed by atoms with E-state index < -0.39 is 8.07 Å². The first-order chi connectivity index (χ1) is 11.8. The summed E-state index contributed by atoms with van der Waals surface area (Å²) in [6.45, 7) is 10.4. The van der Waals surface area contributed by atoms with Crippen LogP contribution in [0.1, 0.15) is 5.56 Å². The highest BCUT2D eigenvalue weighted by atomic mass is 35.5. The quantitative estimate of drug-likeness (QED) is 0.331. The minimum atomic E-state index is -1.11. The van der Waals surface area contributed by atoms with Crippen LogP contribution in [0.25, 0.3) is 22.3 Å². The first kappa shape index (κ1) is 18.1. The number of benzene rings is 1. The predicted molar refractivity (Wildman–Crippen MR) is 107 cm³/mol. The molecule has 0 saturated heterocycles. The summed E-state index contributed by atoms with van der Waals surface area (Å²) in [5.74, 6) is 0. The van der Waals surface area contributed by atoms with Crippen molar-refractivity contribution in [3.8, 4) is 11.3 Å². The Labute approximate surface area is 154 Å². The van der Waals surface area contributed by atoms with E-state index in [9.17, 15) is 0 Å². The van der Waals surface area contributed by atoms with Crippen LogP contribution >= 0.6 is 11.6 Å². The molecule has 0 fully saturated rings. The monoisotopic (exact) mass is 373 g/mol. The van der Waals surface area contributed by atoms with Crippen molar-refractivity contribution in [3.05, 3.63) is 47.4 Å². The largest absolute Gasteiger partial charge is 0.361 e. The van der Waals surface area contributed by atoms with Gasteiger partial charge in [-0.2, -0.15) is 0 Å². The van der Waals surface area contributed by atoms with Gasteiger partial charge >= 0.3 is 0 Å². The molecule has 0 radical (unpaired) electrons. The highest BCUT2D eigenvalue weighted by molar-refractivity contribution is 6.76. The van der Waals surface area contributed by atoms with Crippen molar-refractivity contribution in [2.45, 2.75) is 39.3 Å². The summed E-state index contributed by atoms with van der Waals surface area (Å²) >= 11 is 6.28. The molecule has 0 spiro atoms. The molecular formula is C19H24ClN3OSi. The van der Waals surface area contributed by atoms with Crippen LogP contribution in [0.5, 0.6) is 0 Å². The van der Waals surface area contributed by atoms with Crippen LogP contribution in [-0.4, -0.2) is 29.2 Å². The second-order valence-electron chi connectivity index (χ2n) is 7.57. The van der Waals surface area contributed by atoms with Crippen LogP contribution in [0.4, 0.5) is 0 Å². The van der Waals surface area contributed by atoms with Crippen molar-refractivity contribution in [2.75, 3.05) is 6.61 Å². The van der Waals surface area contributed by atoms with Crippen LogP contribution < -0.4 is 0 Å². The van der Waals surface area contributed by atoms with Gasteiger partial charge in [-0.05, 0) is 24.6 Å². The van der Waals surface area contributed by atoms with E-state index in [0.29, 0.717) is 11.9 Å². The maximum atomic E-state index is 6.28. The minimum absolute atomic E-state index is 0.463. The summed E-state index contributed by atoms with van der Waals surface area (Å²) < 4.78 is 8.06. The molecule has 3 rings (SSSR count). The van der Waals surface area contributed by atoms with Crippen molar-refractivity contribution in [2.24, 2.45) is 0 Å². The number of nitrogens with zero attached hydrogens (tertiary/aromatic N) is 3. The first-order valence-electron chi connectivity index (χ1n) is 8.50. The molecule has 2 aromatic heterocycles. The summed E-state index contributed by atoms with van der Waals surface area (Å²) in [5, 5.41) is 1.33. The molecule has 0 N–H and O–H groups in total. The third-order valence-corrected chi connectivity index (χ3v) is 6.21. The van der Waals surface area contributed by atoms with Crippen LogP contribution in [0, 0.1) is 6.92 Å². The van der Waals surface area contributed by atoms with E-state index >= 15 is 0 Å². The van der Waals surface area contributed by atoms with Crippen molar-refractivity contribution in [1.29, 1.82) is 0 Å². The van der Waals surface area contributed by atoms with Gasteiger partial charge in [-0.1, -0.05) is 61.1 Å². The van der Waals surface area contributed by atoms with E-state index in [4.69, 9.17) is 16.3 Å². The van der Waals surface area contributed by atoms with Gasteiger partial charge in [-0.25, -0.2) is 9.97 Å². The van der Waals surface area contributed by atoms with Gasteiger partial charge in [0.2, 0.25) is 0 Å². The molecule has 0 aliphatic carbocycles. The van der Waals surface area contributed by atoms with Gasteiger partial charge in [-0.15, -0.1) is 0 Å². The third kappa shape index (κ3) is 4.29. The molecule has 6 heteroatoms. The van der Waals surface area contributed by atoms with Crippen molar-refractivity contribution in [3.63, 3.8) is 0 Å². The van der Waals surface area contributed by atoms with Gasteiger partial charge in [0.25, 0.3) is 0 Å². The second-order valence-corrected chi connectivity index (χ2v) is 13.6. The van der Waals surface area contributed by atoms with E-state index in [1.807, 2.05) is 6.07 Å². The lowest BCUT2D eigenvalue weighted by molar-refractivity contribution is 0.0909. The smallest absolute Gasteiger partial charge is 0.147 e. The summed E-state index contributed by atoms with van der Waals surface area (Å²) in [6, 6.07) is 11.6. The zero-order chi connectivity index (χ0) is 18.0. The molecule has 1 aromatic carbocycles. The zero-order valence-corrected chi connectivity index (χ0v) is 17.0. The van der Waals surface area contributed by atoms with Crippen LogP contribution in [-0.2, 0) is 11.5 Å². The van der Waals surface area contributed by atoms with Gasteiger partial charge in [0, 0.05) is 14.7 Å². The summed E-state index contributed by atoms with van der Waals surface area (Å²) in [6.07, 6.45) is 1.50. The lowest BCUT2D eigenvalue weighted by atomic mass is 10.1. The van der Waals surface area contributed by atoms with E-state index in [1.54, 1.807) is 0 Å². The van der Waals surface area contributed by atoms with E-state index in [1.165, 1.54) is 11.9 Å². The normalized spacial score (nSPS) is 12.0. The summed E-state index contributed by atoms with van der Waals surface area (Å²) in [7, 11) is -1.11. The molecule has 0 unspecified atom stereocenters. The van der Waals surface area contributed by atoms with E-state index in [0.717, 1.165) is 34.9 Å². The second kappa shape index (κ2) is 7.28. The SMILES string of the molecule is Cc1ccc(-c2cc3c(Cl)ncnc3n2COCC[Si](C)(C)C)cc1. The Morgan fingerprint density at radius 2 is 1.84 bits per heavy atom. The minimum Gasteiger partial charge on any atom is -0.361 e. The van der Waals surface area contributed by atoms with Crippen LogP contribution in [0.15, 0.2) is 36.7 Å². The Bertz CT molecular complexity index is 869. The molecule has 0 bridgehead atoms. The number of aromatic nitrogens is 3. The highest BCUT2D eigenvalue weighted by Crippen LogP contribution is 2.30. The Morgan fingerprint density at radius 1 is 1.12 bits per heavy atom. The van der Waals surface area contributed by atoms with Gasteiger partial charge in [0.1, 0.15) is 23.9 Å². The molecule has 2 heterocycles. The molecule has 0 saturated carbocycles. The molecule has 3 aromatic rings. The third-order valence-electron chi connectivity index (χ3n) is 4.21. The Kier molecular flexibility index (Phi) is 5.27. The maximum absolute atomic E-state index is 6.28. The molecule has 25 heavy (non-hydrogen) atoms. The number of halogens is 1. The molecule has 0 aliphatic rings. The number of aryl methyl sites for hydroxylation is 1. The number of hydrogen-bond acceptors (Lipinski definition) is 3. The standard InChI is InChI=1S/C19H24ClN3OSi/c1-14-5-7-15(8-6-14)17-11-16-18(20)21-12-22-19(16)23(17)13-24-9-10-25(2,3)4/h5-8,11-12H,9-10,13H2,1-4H3. The topological polar surface area (TPSA) is 39.9 Å². The fourth-order valence-electron chi connectivity index (χ4n) is 2.66. The zero-order valence-electron chi connectivity index (χ0n) is 15.2. The number of fused-ring (bicyclic) bond motifs is 1. The maximum Gasteiger partial charge on any atom is 0.147 e. The van der Waals surface area contributed by atoms with Crippen molar-refractivity contribution in [1.82, 2.24) is 14.5 Å². The molecule has 132 valence electrons. The molecule has 4 nitrogen and oxygen atoms in total. The average molecular weight is 374 g/mol. The molecule has 0 amide bonds. The lowest BCUT2D eigenvalue weighted by Crippen LogP contribution is -2.22. The van der Waals surface area contributed by atoms with Crippen molar-refractivity contribution >= 4 is 30.7 Å². The van der Waals surface area contributed by atoms with E-state index in [-0.39, 0.29) is 0 Å². The van der Waals surface area contributed by atoms with Crippen molar-refractivity contribution < 1.29 is 4.74 Å². The summed E-state index contributed by atoms with van der Waals surface area (Å²) in [4.78, 5) is 8.53. The Morgan fingerprint density at radius 3 is 2.52 bits per heavy atom. The highest BCUT2D eigenvalue weighted by Gasteiger charge is 2.16. The lowest BCUT2D eigenvalue weighted by Gasteiger charge is -2.16.